The van der Waals surface area contributed by atoms with E-state index in [0.717, 1.165) is 36.5 Å². The van der Waals surface area contributed by atoms with E-state index in [1.165, 1.54) is 6.20 Å². The molecule has 0 bridgehead atoms. The fourth-order valence-corrected chi connectivity index (χ4v) is 4.90. The Bertz CT molecular complexity index is 1400. The summed E-state index contributed by atoms with van der Waals surface area (Å²) >= 11 is 0. The van der Waals surface area contributed by atoms with Gasteiger partial charge in [-0.25, -0.2) is 9.37 Å². The van der Waals surface area contributed by atoms with Crippen molar-refractivity contribution in [3.05, 3.63) is 82.3 Å². The normalized spacial score (nSPS) is 16.4. The van der Waals surface area contributed by atoms with Crippen molar-refractivity contribution >= 4 is 23.3 Å². The lowest BCUT2D eigenvalue weighted by atomic mass is 9.89. The Kier molecular flexibility index (Phi) is 6.85. The maximum Gasteiger partial charge on any atom is 0.257 e. The first-order valence-electron chi connectivity index (χ1n) is 12.8. The van der Waals surface area contributed by atoms with Crippen LogP contribution in [0.1, 0.15) is 62.4 Å². The maximum absolute atomic E-state index is 15.7. The van der Waals surface area contributed by atoms with E-state index in [9.17, 15) is 9.59 Å². The molecule has 0 aliphatic carbocycles. The van der Waals surface area contributed by atoms with Gasteiger partial charge in [-0.05, 0) is 61.7 Å². The number of aromatic nitrogens is 2. The number of nitrogens with one attached hydrogen (secondary N) is 1. The number of benzene rings is 1. The standard InChI is InChI=1S/C30H30FN5O2/c1-4-22-6-8-26(32-18-22)30(31)10-14-36(15-11-30)29(38)24-17-25(21(3)16-20(24)2)34-28(37)23-7-9-27(33-19-23)35-12-5-13-35/h1,6-9,16-19H,5,10-15H2,2-3H3,(H,34,37). The second-order valence-electron chi connectivity index (χ2n) is 10.0. The second kappa shape index (κ2) is 10.3. The van der Waals surface area contributed by atoms with Crippen molar-refractivity contribution in [3.63, 3.8) is 0 Å². The summed E-state index contributed by atoms with van der Waals surface area (Å²) in [5.41, 5.74) is 2.47. The number of amides is 2. The molecule has 5 rings (SSSR count). The van der Waals surface area contributed by atoms with Gasteiger partial charge in [-0.15, -0.1) is 6.42 Å². The highest BCUT2D eigenvalue weighted by Crippen LogP contribution is 2.36. The predicted molar refractivity (Wildman–Crippen MR) is 145 cm³/mol. The molecule has 1 aromatic carbocycles. The van der Waals surface area contributed by atoms with Gasteiger partial charge in [0.15, 0.2) is 5.67 Å². The van der Waals surface area contributed by atoms with Crippen LogP contribution < -0.4 is 10.2 Å². The zero-order valence-electron chi connectivity index (χ0n) is 21.6. The van der Waals surface area contributed by atoms with E-state index < -0.39 is 5.67 Å². The predicted octanol–water partition coefficient (Wildman–Crippen LogP) is 4.64. The lowest BCUT2D eigenvalue weighted by Crippen LogP contribution is -2.43. The van der Waals surface area contributed by atoms with Crippen molar-refractivity contribution in [1.82, 2.24) is 14.9 Å². The maximum atomic E-state index is 15.7. The first-order valence-corrected chi connectivity index (χ1v) is 12.8. The molecule has 194 valence electrons. The number of terminal acetylenes is 1. The van der Waals surface area contributed by atoms with Crippen LogP contribution >= 0.6 is 0 Å². The van der Waals surface area contributed by atoms with Gasteiger partial charge in [0.25, 0.3) is 11.8 Å². The van der Waals surface area contributed by atoms with Crippen molar-refractivity contribution in [2.24, 2.45) is 0 Å². The van der Waals surface area contributed by atoms with Crippen LogP contribution in [0.15, 0.2) is 48.8 Å². The summed E-state index contributed by atoms with van der Waals surface area (Å²) in [4.78, 5) is 38.8. The lowest BCUT2D eigenvalue weighted by Gasteiger charge is -2.36. The number of pyridine rings is 2. The van der Waals surface area contributed by atoms with Crippen LogP contribution in [0, 0.1) is 26.2 Å². The smallest absolute Gasteiger partial charge is 0.257 e. The van der Waals surface area contributed by atoms with Crippen LogP contribution in [0.2, 0.25) is 0 Å². The fraction of sp³-hybridized carbons (Fsp3) is 0.333. The van der Waals surface area contributed by atoms with E-state index >= 15 is 4.39 Å². The van der Waals surface area contributed by atoms with E-state index in [1.807, 2.05) is 26.0 Å². The molecule has 2 amide bonds. The topological polar surface area (TPSA) is 78.4 Å². The van der Waals surface area contributed by atoms with Gasteiger partial charge < -0.3 is 15.1 Å². The third kappa shape index (κ3) is 4.97. The number of nitrogens with zero attached hydrogens (tertiary/aromatic N) is 4. The molecule has 7 nitrogen and oxygen atoms in total. The Morgan fingerprint density at radius 3 is 2.34 bits per heavy atom. The molecule has 3 aromatic rings. The molecule has 2 aromatic heterocycles. The minimum atomic E-state index is -1.61. The van der Waals surface area contributed by atoms with Crippen LogP contribution in [0.4, 0.5) is 15.9 Å². The van der Waals surface area contributed by atoms with Crippen LogP contribution in [0.3, 0.4) is 0 Å². The van der Waals surface area contributed by atoms with Gasteiger partial charge in [-0.1, -0.05) is 12.0 Å². The average Bonchev–Trinajstić information content (AvgIpc) is 2.89. The van der Waals surface area contributed by atoms with Gasteiger partial charge in [-0.2, -0.15) is 0 Å². The number of hydrogen-bond acceptors (Lipinski definition) is 5. The van der Waals surface area contributed by atoms with Crippen LogP contribution in [0.5, 0.6) is 0 Å². The molecule has 2 aliphatic heterocycles. The van der Waals surface area contributed by atoms with Crippen molar-refractivity contribution in [1.29, 1.82) is 0 Å². The fourth-order valence-electron chi connectivity index (χ4n) is 4.90. The summed E-state index contributed by atoms with van der Waals surface area (Å²) in [7, 11) is 0. The van der Waals surface area contributed by atoms with E-state index in [1.54, 1.807) is 35.4 Å². The minimum Gasteiger partial charge on any atom is -0.356 e. The molecule has 0 atom stereocenters. The van der Waals surface area contributed by atoms with Gasteiger partial charge in [0.05, 0.1) is 11.3 Å². The number of carbonyl (C=O) groups excluding carboxylic acids is 2. The number of halogens is 1. The Morgan fingerprint density at radius 1 is 1.00 bits per heavy atom. The number of rotatable bonds is 5. The third-order valence-corrected chi connectivity index (χ3v) is 7.47. The molecule has 4 heterocycles. The molecule has 1 N–H and O–H groups in total. The highest BCUT2D eigenvalue weighted by Gasteiger charge is 2.39. The van der Waals surface area contributed by atoms with Crippen LogP contribution in [-0.4, -0.2) is 52.9 Å². The molecule has 0 radical (unpaired) electrons. The lowest BCUT2D eigenvalue weighted by molar-refractivity contribution is 0.0402. The Labute approximate surface area is 222 Å². The zero-order chi connectivity index (χ0) is 26.9. The summed E-state index contributed by atoms with van der Waals surface area (Å²) < 4.78 is 15.7. The van der Waals surface area contributed by atoms with Gasteiger partial charge in [0.2, 0.25) is 0 Å². The molecule has 0 unspecified atom stereocenters. The summed E-state index contributed by atoms with van der Waals surface area (Å²) in [6, 6.07) is 10.5. The van der Waals surface area contributed by atoms with Crippen molar-refractivity contribution in [2.75, 3.05) is 36.4 Å². The molecule has 2 saturated heterocycles. The van der Waals surface area contributed by atoms with Crippen molar-refractivity contribution in [2.45, 2.75) is 38.8 Å². The first-order chi connectivity index (χ1) is 18.3. The molecule has 0 spiro atoms. The number of aryl methyl sites for hydroxylation is 2. The third-order valence-electron chi connectivity index (χ3n) is 7.47. The van der Waals surface area contributed by atoms with E-state index in [-0.39, 0.29) is 37.7 Å². The Morgan fingerprint density at radius 2 is 1.76 bits per heavy atom. The zero-order valence-corrected chi connectivity index (χ0v) is 21.6. The number of carbonyl (C=O) groups is 2. The van der Waals surface area contributed by atoms with Crippen LogP contribution in [0.25, 0.3) is 0 Å². The number of piperidine rings is 1. The second-order valence-corrected chi connectivity index (χ2v) is 10.0. The first kappa shape index (κ1) is 25.4. The average molecular weight is 512 g/mol. The SMILES string of the molecule is C#Cc1ccc(C2(F)CCN(C(=O)c3cc(NC(=O)c4ccc(N5CCC5)nc4)c(C)cc3C)CC2)nc1. The quantitative estimate of drug-likeness (QED) is 0.505. The Balaban J connectivity index is 1.27. The van der Waals surface area contributed by atoms with E-state index in [4.69, 9.17) is 6.42 Å². The molecule has 0 saturated carbocycles. The van der Waals surface area contributed by atoms with Crippen LogP contribution in [-0.2, 0) is 5.67 Å². The summed E-state index contributed by atoms with van der Waals surface area (Å²) in [5.74, 6) is 2.88. The Hall–Kier alpha value is -4.25. The summed E-state index contributed by atoms with van der Waals surface area (Å²) in [5, 5.41) is 2.93. The van der Waals surface area contributed by atoms with Gasteiger partial charge in [0, 0.05) is 68.2 Å². The number of alkyl halides is 1. The number of likely N-dealkylation sites (tertiary alicyclic amines) is 1. The van der Waals surface area contributed by atoms with Gasteiger partial charge in [-0.3, -0.25) is 14.6 Å². The van der Waals surface area contributed by atoms with E-state index in [0.29, 0.717) is 28.1 Å². The summed E-state index contributed by atoms with van der Waals surface area (Å²) in [6.45, 7) is 6.24. The van der Waals surface area contributed by atoms with E-state index in [2.05, 4.69) is 26.1 Å². The highest BCUT2D eigenvalue weighted by atomic mass is 19.1. The highest BCUT2D eigenvalue weighted by molar-refractivity contribution is 6.05. The molecular formula is C30H30FN5O2. The minimum absolute atomic E-state index is 0.149. The van der Waals surface area contributed by atoms with Gasteiger partial charge in [0.1, 0.15) is 5.82 Å². The van der Waals surface area contributed by atoms with Crippen molar-refractivity contribution < 1.29 is 14.0 Å². The van der Waals surface area contributed by atoms with Gasteiger partial charge >= 0.3 is 0 Å². The number of hydrogen-bond donors (Lipinski definition) is 1. The number of anilines is 2. The van der Waals surface area contributed by atoms with Crippen molar-refractivity contribution in [3.8, 4) is 12.3 Å². The largest absolute Gasteiger partial charge is 0.356 e. The molecule has 2 fully saturated rings. The molecular weight excluding hydrogens is 481 g/mol. The molecule has 8 heteroatoms. The molecule has 38 heavy (non-hydrogen) atoms. The molecule has 2 aliphatic rings. The monoisotopic (exact) mass is 511 g/mol. The summed E-state index contributed by atoms with van der Waals surface area (Å²) in [6.07, 6.45) is 9.90.